The largest absolute Gasteiger partial charge is 0.370 e. The highest BCUT2D eigenvalue weighted by molar-refractivity contribution is 6.06. The van der Waals surface area contributed by atoms with Gasteiger partial charge in [-0.25, -0.2) is 4.68 Å². The van der Waals surface area contributed by atoms with Crippen LogP contribution in [-0.4, -0.2) is 50.0 Å². The summed E-state index contributed by atoms with van der Waals surface area (Å²) in [6.45, 7) is 3.54. The van der Waals surface area contributed by atoms with E-state index in [2.05, 4.69) is 15.3 Å². The molecule has 1 saturated heterocycles. The lowest BCUT2D eigenvalue weighted by Crippen LogP contribution is -2.50. The molecule has 3 aromatic rings. The lowest BCUT2D eigenvalue weighted by atomic mass is 9.98. The molecule has 1 amide bonds. The third-order valence-corrected chi connectivity index (χ3v) is 5.44. The Hall–Kier alpha value is -3.00. The Morgan fingerprint density at radius 3 is 3.11 bits per heavy atom. The van der Waals surface area contributed by atoms with Gasteiger partial charge in [0.25, 0.3) is 5.91 Å². The number of piperidine rings is 1. The van der Waals surface area contributed by atoms with Crippen molar-refractivity contribution in [3.8, 4) is 0 Å². The van der Waals surface area contributed by atoms with E-state index in [1.807, 2.05) is 29.8 Å². The van der Waals surface area contributed by atoms with Gasteiger partial charge in [0.05, 0.1) is 36.2 Å². The maximum Gasteiger partial charge on any atom is 0.254 e. The summed E-state index contributed by atoms with van der Waals surface area (Å²) in [5.74, 6) is -0.137. The van der Waals surface area contributed by atoms with Crippen LogP contribution in [0.3, 0.4) is 0 Å². The highest BCUT2D eigenvalue weighted by atomic mass is 16.5. The van der Waals surface area contributed by atoms with Crippen LogP contribution in [0.4, 0.5) is 0 Å². The van der Waals surface area contributed by atoms with Crippen molar-refractivity contribution in [1.29, 1.82) is 0 Å². The second-order valence-corrected chi connectivity index (χ2v) is 7.22. The minimum Gasteiger partial charge on any atom is -0.370 e. The number of pyridine rings is 1. The Kier molecular flexibility index (Phi) is 3.61. The maximum atomic E-state index is 13.3. The third-order valence-electron chi connectivity index (χ3n) is 5.44. The fourth-order valence-corrected chi connectivity index (χ4v) is 4.08. The van der Waals surface area contributed by atoms with E-state index in [1.165, 1.54) is 6.07 Å². The molecule has 4 heterocycles. The van der Waals surface area contributed by atoms with Gasteiger partial charge in [-0.2, -0.15) is 0 Å². The van der Waals surface area contributed by atoms with Gasteiger partial charge in [-0.15, -0.1) is 5.10 Å². The summed E-state index contributed by atoms with van der Waals surface area (Å²) in [6, 6.07) is 7.04. The first-order valence-electron chi connectivity index (χ1n) is 9.04. The van der Waals surface area contributed by atoms with Gasteiger partial charge in [0.1, 0.15) is 0 Å². The average Bonchev–Trinajstić information content (AvgIpc) is 3.16. The van der Waals surface area contributed by atoms with E-state index in [9.17, 15) is 9.59 Å². The molecule has 5 rings (SSSR count). The van der Waals surface area contributed by atoms with Crippen LogP contribution < -0.4 is 5.56 Å². The summed E-state index contributed by atoms with van der Waals surface area (Å²) >= 11 is 0. The standard InChI is InChI=1S/C19H19N5O3/c1-11-2-3-15-13(6-11)14(7-18(25)21-15)19(26)23-5-4-17-16(9-23)24-12(10-27-17)8-20-22-24/h2-3,6-8,16-17H,4-5,9-10H2,1H3,(H,21,25). The van der Waals surface area contributed by atoms with E-state index in [0.717, 1.165) is 23.1 Å². The SMILES string of the molecule is Cc1ccc2[nH]c(=O)cc(C(=O)N3CCC4OCc5cnnn5C4C3)c2c1. The predicted molar refractivity (Wildman–Crippen MR) is 97.5 cm³/mol. The Bertz CT molecular complexity index is 1100. The molecule has 8 heteroatoms. The Morgan fingerprint density at radius 1 is 1.33 bits per heavy atom. The van der Waals surface area contributed by atoms with E-state index >= 15 is 0 Å². The first-order chi connectivity index (χ1) is 13.1. The Morgan fingerprint density at radius 2 is 2.22 bits per heavy atom. The minimum absolute atomic E-state index is 0.0291. The number of aromatic nitrogens is 4. The summed E-state index contributed by atoms with van der Waals surface area (Å²) < 4.78 is 7.78. The number of aryl methyl sites for hydroxylation is 1. The van der Waals surface area contributed by atoms with Crippen molar-refractivity contribution >= 4 is 16.8 Å². The first-order valence-corrected chi connectivity index (χ1v) is 9.04. The molecule has 8 nitrogen and oxygen atoms in total. The van der Waals surface area contributed by atoms with E-state index < -0.39 is 0 Å². The van der Waals surface area contributed by atoms with Crippen LogP contribution in [0, 0.1) is 6.92 Å². The molecule has 2 aromatic heterocycles. The van der Waals surface area contributed by atoms with Crippen LogP contribution in [0.25, 0.3) is 10.9 Å². The number of hydrogen-bond acceptors (Lipinski definition) is 5. The number of fused-ring (bicyclic) bond motifs is 4. The van der Waals surface area contributed by atoms with Gasteiger partial charge >= 0.3 is 0 Å². The fraction of sp³-hybridized carbons (Fsp3) is 0.368. The number of likely N-dealkylation sites (tertiary alicyclic amines) is 1. The molecule has 0 spiro atoms. The second kappa shape index (κ2) is 6.02. The summed E-state index contributed by atoms with van der Waals surface area (Å²) in [6.07, 6.45) is 2.46. The van der Waals surface area contributed by atoms with Crippen LogP contribution in [-0.2, 0) is 11.3 Å². The minimum atomic E-state index is -0.274. The third kappa shape index (κ3) is 2.64. The summed E-state index contributed by atoms with van der Waals surface area (Å²) in [5.41, 5.74) is 2.79. The molecule has 0 bridgehead atoms. The van der Waals surface area contributed by atoms with Crippen LogP contribution in [0.1, 0.15) is 34.1 Å². The van der Waals surface area contributed by atoms with Gasteiger partial charge in [0.15, 0.2) is 0 Å². The smallest absolute Gasteiger partial charge is 0.254 e. The zero-order valence-corrected chi connectivity index (χ0v) is 14.9. The van der Waals surface area contributed by atoms with Crippen molar-refractivity contribution in [2.24, 2.45) is 0 Å². The number of rotatable bonds is 1. The zero-order valence-electron chi connectivity index (χ0n) is 14.9. The number of H-pyrrole nitrogens is 1. The number of nitrogens with zero attached hydrogens (tertiary/aromatic N) is 4. The molecular weight excluding hydrogens is 346 g/mol. The molecule has 1 N–H and O–H groups in total. The van der Waals surface area contributed by atoms with Gasteiger partial charge < -0.3 is 14.6 Å². The molecule has 0 saturated carbocycles. The fourth-order valence-electron chi connectivity index (χ4n) is 4.08. The van der Waals surface area contributed by atoms with Gasteiger partial charge in [0, 0.05) is 30.1 Å². The highest BCUT2D eigenvalue weighted by Crippen LogP contribution is 2.31. The molecule has 2 aliphatic heterocycles. The molecule has 2 unspecified atom stereocenters. The molecule has 2 aliphatic rings. The van der Waals surface area contributed by atoms with Crippen molar-refractivity contribution in [2.75, 3.05) is 13.1 Å². The molecule has 1 fully saturated rings. The molecular formula is C19H19N5O3. The summed E-state index contributed by atoms with van der Waals surface area (Å²) in [5, 5.41) is 8.91. The van der Waals surface area contributed by atoms with Crippen LogP contribution in [0.15, 0.2) is 35.3 Å². The monoisotopic (exact) mass is 365 g/mol. The predicted octanol–water partition coefficient (Wildman–Crippen LogP) is 1.41. The number of carbonyl (C=O) groups excluding carboxylic acids is 1. The number of aromatic amines is 1. The Labute approximate surface area is 154 Å². The number of nitrogens with one attached hydrogen (secondary N) is 1. The van der Waals surface area contributed by atoms with E-state index in [0.29, 0.717) is 30.8 Å². The van der Waals surface area contributed by atoms with Crippen LogP contribution in [0.5, 0.6) is 0 Å². The second-order valence-electron chi connectivity index (χ2n) is 7.22. The molecule has 27 heavy (non-hydrogen) atoms. The van der Waals surface area contributed by atoms with Crippen molar-refractivity contribution in [2.45, 2.75) is 32.1 Å². The number of amides is 1. The van der Waals surface area contributed by atoms with E-state index in [1.54, 1.807) is 11.1 Å². The zero-order chi connectivity index (χ0) is 18.5. The van der Waals surface area contributed by atoms with E-state index in [-0.39, 0.29) is 23.6 Å². The quantitative estimate of drug-likeness (QED) is 0.704. The normalized spacial score (nSPS) is 21.7. The van der Waals surface area contributed by atoms with Gasteiger partial charge in [-0.1, -0.05) is 16.8 Å². The van der Waals surface area contributed by atoms with Crippen molar-refractivity contribution in [3.63, 3.8) is 0 Å². The van der Waals surface area contributed by atoms with Gasteiger partial charge in [-0.05, 0) is 25.5 Å². The van der Waals surface area contributed by atoms with Crippen LogP contribution in [0.2, 0.25) is 0 Å². The summed E-state index contributed by atoms with van der Waals surface area (Å²) in [7, 11) is 0. The molecule has 2 atom stereocenters. The molecule has 0 radical (unpaired) electrons. The average molecular weight is 365 g/mol. The van der Waals surface area contributed by atoms with Crippen molar-refractivity contribution < 1.29 is 9.53 Å². The number of benzene rings is 1. The number of ether oxygens (including phenoxy) is 1. The van der Waals surface area contributed by atoms with Gasteiger partial charge in [0.2, 0.25) is 5.56 Å². The summed E-state index contributed by atoms with van der Waals surface area (Å²) in [4.78, 5) is 29.9. The Balaban J connectivity index is 1.52. The van der Waals surface area contributed by atoms with E-state index in [4.69, 9.17) is 4.74 Å². The van der Waals surface area contributed by atoms with Gasteiger partial charge in [-0.3, -0.25) is 9.59 Å². The number of hydrogen-bond donors (Lipinski definition) is 1. The van der Waals surface area contributed by atoms with Crippen LogP contribution >= 0.6 is 0 Å². The first kappa shape index (κ1) is 16.2. The van der Waals surface area contributed by atoms with Crippen molar-refractivity contribution in [3.05, 3.63) is 57.6 Å². The van der Waals surface area contributed by atoms with Crippen molar-refractivity contribution in [1.82, 2.24) is 24.9 Å². The lowest BCUT2D eigenvalue weighted by Gasteiger charge is -2.41. The maximum absolute atomic E-state index is 13.3. The molecule has 138 valence electrons. The topological polar surface area (TPSA) is 93.1 Å². The highest BCUT2D eigenvalue weighted by Gasteiger charge is 2.38. The number of carbonyl (C=O) groups is 1. The molecule has 1 aromatic carbocycles. The molecule has 0 aliphatic carbocycles. The lowest BCUT2D eigenvalue weighted by molar-refractivity contribution is -0.0604.